The number of nitrogens with zero attached hydrogens (tertiary/aromatic N) is 4. The highest BCUT2D eigenvalue weighted by Crippen LogP contribution is 2.46. The van der Waals surface area contributed by atoms with Gasteiger partial charge in [-0.05, 0) is 32.0 Å². The van der Waals surface area contributed by atoms with Gasteiger partial charge >= 0.3 is 0 Å². The number of fused-ring (bicyclic) bond motifs is 1. The maximum absolute atomic E-state index is 11.9. The molecule has 0 bridgehead atoms. The largest absolute Gasteiger partial charge is 0.496 e. The van der Waals surface area contributed by atoms with E-state index in [1.165, 1.54) is 7.11 Å². The fraction of sp³-hybridized carbons (Fsp3) is 0.316. The summed E-state index contributed by atoms with van der Waals surface area (Å²) in [6.07, 6.45) is 1.57. The molecule has 0 saturated heterocycles. The monoisotopic (exact) mass is 366 g/mol. The van der Waals surface area contributed by atoms with Gasteiger partial charge in [-0.2, -0.15) is 5.26 Å². The van der Waals surface area contributed by atoms with Crippen molar-refractivity contribution in [1.82, 2.24) is 4.98 Å². The van der Waals surface area contributed by atoms with E-state index in [4.69, 9.17) is 14.7 Å². The molecule has 1 aromatic carbocycles. The van der Waals surface area contributed by atoms with Crippen molar-refractivity contribution in [2.24, 2.45) is 4.99 Å². The van der Waals surface area contributed by atoms with E-state index in [1.807, 2.05) is 6.92 Å². The Balaban J connectivity index is 2.31. The Kier molecular flexibility index (Phi) is 5.03. The van der Waals surface area contributed by atoms with Crippen LogP contribution in [0.15, 0.2) is 35.5 Å². The van der Waals surface area contributed by atoms with Crippen molar-refractivity contribution in [2.45, 2.75) is 25.8 Å². The Morgan fingerprint density at radius 2 is 2.15 bits per heavy atom. The van der Waals surface area contributed by atoms with Crippen LogP contribution in [0.25, 0.3) is 0 Å². The Morgan fingerprint density at radius 3 is 2.78 bits per heavy atom. The molecule has 0 fully saturated rings. The predicted octanol–water partition coefficient (Wildman–Crippen LogP) is 3.24. The van der Waals surface area contributed by atoms with E-state index >= 15 is 0 Å². The van der Waals surface area contributed by atoms with E-state index in [0.717, 1.165) is 0 Å². The van der Waals surface area contributed by atoms with E-state index < -0.39 is 12.0 Å². The second-order valence-corrected chi connectivity index (χ2v) is 6.01. The fourth-order valence-electron chi connectivity index (χ4n) is 3.38. The van der Waals surface area contributed by atoms with Crippen molar-refractivity contribution in [3.05, 3.63) is 57.3 Å². The van der Waals surface area contributed by atoms with E-state index in [0.29, 0.717) is 46.3 Å². The van der Waals surface area contributed by atoms with Gasteiger partial charge in [-0.3, -0.25) is 15.1 Å². The molecule has 0 saturated carbocycles. The summed E-state index contributed by atoms with van der Waals surface area (Å²) in [5.74, 6) is 0.0119. The van der Waals surface area contributed by atoms with Crippen LogP contribution in [0, 0.1) is 21.4 Å². The summed E-state index contributed by atoms with van der Waals surface area (Å²) in [5, 5.41) is 21.1. The number of methoxy groups -OCH3 is 1. The molecule has 0 amide bonds. The lowest BCUT2D eigenvalue weighted by molar-refractivity contribution is -0.505. The number of aromatic nitrogens is 1. The van der Waals surface area contributed by atoms with E-state index in [2.05, 4.69) is 16.0 Å². The lowest BCUT2D eigenvalue weighted by Gasteiger charge is -2.29. The molecule has 0 radical (unpaired) electrons. The number of nitriles is 1. The first-order chi connectivity index (χ1) is 13.0. The Morgan fingerprint density at radius 1 is 1.37 bits per heavy atom. The van der Waals surface area contributed by atoms with Crippen LogP contribution in [-0.2, 0) is 0 Å². The van der Waals surface area contributed by atoms with Crippen LogP contribution in [0.1, 0.15) is 36.5 Å². The standard InChI is InChI=1S/C19H18N4O4/c1-4-27-19-17-14(7-8-21-19)22-11(2)18(23(24)25)16(17)13-6-5-12(10-20)9-15(13)26-3/h5-9,16,18H,4H2,1-3H3. The summed E-state index contributed by atoms with van der Waals surface area (Å²) in [7, 11) is 1.47. The van der Waals surface area contributed by atoms with Crippen LogP contribution in [0.3, 0.4) is 0 Å². The van der Waals surface area contributed by atoms with Gasteiger partial charge in [-0.1, -0.05) is 6.07 Å². The normalized spacial score (nSPS) is 18.1. The fourth-order valence-corrected chi connectivity index (χ4v) is 3.38. The number of ether oxygens (including phenoxy) is 2. The first kappa shape index (κ1) is 18.3. The number of nitro groups is 1. The number of rotatable bonds is 5. The second-order valence-electron chi connectivity index (χ2n) is 6.01. The number of hydrogen-bond donors (Lipinski definition) is 0. The van der Waals surface area contributed by atoms with Crippen molar-refractivity contribution in [2.75, 3.05) is 13.7 Å². The third-order valence-electron chi connectivity index (χ3n) is 4.49. The minimum atomic E-state index is -1.09. The van der Waals surface area contributed by atoms with Gasteiger partial charge < -0.3 is 9.47 Å². The van der Waals surface area contributed by atoms with Crippen molar-refractivity contribution in [3.8, 4) is 17.7 Å². The number of pyridine rings is 1. The molecule has 1 aromatic heterocycles. The first-order valence-electron chi connectivity index (χ1n) is 8.40. The van der Waals surface area contributed by atoms with E-state index in [-0.39, 0.29) is 4.92 Å². The van der Waals surface area contributed by atoms with Gasteiger partial charge in [-0.25, -0.2) is 4.98 Å². The highest BCUT2D eigenvalue weighted by molar-refractivity contribution is 5.93. The van der Waals surface area contributed by atoms with Crippen molar-refractivity contribution in [1.29, 1.82) is 5.26 Å². The highest BCUT2D eigenvalue weighted by Gasteiger charge is 2.44. The Hall–Kier alpha value is -3.47. The molecular weight excluding hydrogens is 348 g/mol. The van der Waals surface area contributed by atoms with Gasteiger partial charge in [0, 0.05) is 16.7 Å². The smallest absolute Gasteiger partial charge is 0.261 e. The quantitative estimate of drug-likeness (QED) is 0.593. The number of aliphatic imine (C=N–C) groups is 1. The SMILES string of the molecule is CCOc1nccc2c1C(c1ccc(C#N)cc1OC)C([N+](=O)[O-])C(C)=N2. The van der Waals surface area contributed by atoms with Crippen LogP contribution >= 0.6 is 0 Å². The summed E-state index contributed by atoms with van der Waals surface area (Å²) < 4.78 is 11.1. The average molecular weight is 366 g/mol. The summed E-state index contributed by atoms with van der Waals surface area (Å²) in [6, 6.07) is 7.54. The Labute approximate surface area is 156 Å². The molecule has 3 rings (SSSR count). The molecule has 2 aromatic rings. The van der Waals surface area contributed by atoms with E-state index in [1.54, 1.807) is 37.4 Å². The molecule has 2 unspecified atom stereocenters. The maximum atomic E-state index is 11.9. The molecule has 8 nitrogen and oxygen atoms in total. The molecule has 27 heavy (non-hydrogen) atoms. The van der Waals surface area contributed by atoms with E-state index in [9.17, 15) is 10.1 Å². The molecule has 2 heterocycles. The van der Waals surface area contributed by atoms with Crippen LogP contribution in [0.5, 0.6) is 11.6 Å². The molecule has 138 valence electrons. The number of benzene rings is 1. The zero-order valence-corrected chi connectivity index (χ0v) is 15.2. The minimum Gasteiger partial charge on any atom is -0.496 e. The van der Waals surface area contributed by atoms with Crippen LogP contribution in [0.4, 0.5) is 5.69 Å². The lowest BCUT2D eigenvalue weighted by Crippen LogP contribution is -2.37. The van der Waals surface area contributed by atoms with Crippen LogP contribution < -0.4 is 9.47 Å². The third-order valence-corrected chi connectivity index (χ3v) is 4.49. The molecule has 8 heteroatoms. The third kappa shape index (κ3) is 3.19. The average Bonchev–Trinajstić information content (AvgIpc) is 2.66. The highest BCUT2D eigenvalue weighted by atomic mass is 16.6. The first-order valence-corrected chi connectivity index (χ1v) is 8.40. The lowest BCUT2D eigenvalue weighted by atomic mass is 9.80. The van der Waals surface area contributed by atoms with Crippen molar-refractivity contribution >= 4 is 11.4 Å². The minimum absolute atomic E-state index is 0.314. The summed E-state index contributed by atoms with van der Waals surface area (Å²) in [4.78, 5) is 20.2. The van der Waals surface area contributed by atoms with Gasteiger partial charge in [0.05, 0.1) is 48.2 Å². The van der Waals surface area contributed by atoms with Gasteiger partial charge in [0.15, 0.2) is 0 Å². The van der Waals surface area contributed by atoms with Gasteiger partial charge in [0.25, 0.3) is 6.04 Å². The second kappa shape index (κ2) is 7.41. The molecule has 0 N–H and O–H groups in total. The zero-order valence-electron chi connectivity index (χ0n) is 15.2. The maximum Gasteiger partial charge on any atom is 0.261 e. The van der Waals surface area contributed by atoms with Gasteiger partial charge in [0.2, 0.25) is 5.88 Å². The molecular formula is C19H18N4O4. The predicted molar refractivity (Wildman–Crippen MR) is 98.5 cm³/mol. The Bertz CT molecular complexity index is 965. The van der Waals surface area contributed by atoms with Gasteiger partial charge in [-0.15, -0.1) is 0 Å². The number of hydrogen-bond acceptors (Lipinski definition) is 7. The van der Waals surface area contributed by atoms with Crippen molar-refractivity contribution in [3.63, 3.8) is 0 Å². The van der Waals surface area contributed by atoms with Crippen LogP contribution in [-0.4, -0.2) is 35.4 Å². The topological polar surface area (TPSA) is 111 Å². The molecule has 1 aliphatic heterocycles. The summed E-state index contributed by atoms with van der Waals surface area (Å²) in [5.41, 5.74) is 2.52. The molecule has 0 spiro atoms. The molecule has 1 aliphatic rings. The van der Waals surface area contributed by atoms with Crippen LogP contribution in [0.2, 0.25) is 0 Å². The molecule has 2 atom stereocenters. The molecule has 0 aliphatic carbocycles. The van der Waals surface area contributed by atoms with Crippen molar-refractivity contribution < 1.29 is 14.4 Å². The summed E-state index contributed by atoms with van der Waals surface area (Å²) in [6.45, 7) is 3.83. The van der Waals surface area contributed by atoms with Gasteiger partial charge in [0.1, 0.15) is 5.75 Å². The summed E-state index contributed by atoms with van der Waals surface area (Å²) >= 11 is 0. The zero-order chi connectivity index (χ0) is 19.6.